The first-order chi connectivity index (χ1) is 9.42. The molecule has 3 nitrogen and oxygen atoms in total. The maximum atomic E-state index is 9.65. The molecule has 1 saturated heterocycles. The average molecular weight is 358 g/mol. The van der Waals surface area contributed by atoms with E-state index in [0.29, 0.717) is 24.5 Å². The van der Waals surface area contributed by atoms with E-state index in [0.717, 1.165) is 16.6 Å². The van der Waals surface area contributed by atoms with Gasteiger partial charge in [0.05, 0.1) is 23.3 Å². The maximum Gasteiger partial charge on any atom is 0.130 e. The molecule has 1 fully saturated rings. The van der Waals surface area contributed by atoms with Crippen molar-refractivity contribution >= 4 is 33.2 Å². The Kier molecular flexibility index (Phi) is 4.63. The highest BCUT2D eigenvalue weighted by molar-refractivity contribution is 9.10. The molecule has 0 saturated carbocycles. The number of hydrogen-bond donors (Lipinski definition) is 1. The Morgan fingerprint density at radius 3 is 2.90 bits per heavy atom. The standard InChI is InChI=1S/C15H18BrClN2O/c1-3-14(2)9-15(10-18,6-7-20-14)19-11-4-5-13(17)12(16)8-11/h4-5,8,19H,3,6-7,9H2,1-2H3. The summed E-state index contributed by atoms with van der Waals surface area (Å²) in [6, 6.07) is 8.06. The van der Waals surface area contributed by atoms with Gasteiger partial charge in [-0.1, -0.05) is 18.5 Å². The minimum atomic E-state index is -0.587. The fourth-order valence-electron chi connectivity index (χ4n) is 2.56. The van der Waals surface area contributed by atoms with E-state index in [-0.39, 0.29) is 5.60 Å². The Morgan fingerprint density at radius 2 is 2.30 bits per heavy atom. The van der Waals surface area contributed by atoms with Gasteiger partial charge in [-0.3, -0.25) is 0 Å². The lowest BCUT2D eigenvalue weighted by Gasteiger charge is -2.43. The van der Waals surface area contributed by atoms with E-state index in [1.165, 1.54) is 0 Å². The number of hydrogen-bond acceptors (Lipinski definition) is 3. The quantitative estimate of drug-likeness (QED) is 0.848. The van der Waals surface area contributed by atoms with Gasteiger partial charge >= 0.3 is 0 Å². The Hall–Kier alpha value is -0.760. The number of halogens is 2. The van der Waals surface area contributed by atoms with E-state index >= 15 is 0 Å². The number of rotatable bonds is 3. The molecule has 2 unspecified atom stereocenters. The summed E-state index contributed by atoms with van der Waals surface area (Å²) in [6.45, 7) is 4.75. The van der Waals surface area contributed by atoms with Crippen molar-refractivity contribution in [2.24, 2.45) is 0 Å². The summed E-state index contributed by atoms with van der Waals surface area (Å²) < 4.78 is 6.65. The van der Waals surface area contributed by atoms with Gasteiger partial charge in [0.2, 0.25) is 0 Å². The van der Waals surface area contributed by atoms with Crippen molar-refractivity contribution in [2.45, 2.75) is 44.2 Å². The molecule has 1 aliphatic heterocycles. The van der Waals surface area contributed by atoms with Crippen molar-refractivity contribution in [3.63, 3.8) is 0 Å². The van der Waals surface area contributed by atoms with Gasteiger partial charge in [-0.05, 0) is 47.5 Å². The molecule has 1 N–H and O–H groups in total. The number of anilines is 1. The summed E-state index contributed by atoms with van der Waals surface area (Å²) >= 11 is 9.41. The van der Waals surface area contributed by atoms with Crippen molar-refractivity contribution in [3.05, 3.63) is 27.7 Å². The summed E-state index contributed by atoms with van der Waals surface area (Å²) in [5.41, 5.74) is 0.0594. The van der Waals surface area contributed by atoms with Gasteiger partial charge in [-0.2, -0.15) is 5.26 Å². The molecule has 0 aromatic heterocycles. The predicted molar refractivity (Wildman–Crippen MR) is 85.0 cm³/mol. The molecule has 0 aliphatic carbocycles. The van der Waals surface area contributed by atoms with Gasteiger partial charge in [-0.25, -0.2) is 0 Å². The van der Waals surface area contributed by atoms with Crippen LogP contribution in [0.25, 0.3) is 0 Å². The number of benzene rings is 1. The molecule has 0 bridgehead atoms. The molecular formula is C15H18BrClN2O. The smallest absolute Gasteiger partial charge is 0.130 e. The molecule has 0 spiro atoms. The zero-order valence-corrected chi connectivity index (χ0v) is 14.0. The zero-order valence-electron chi connectivity index (χ0n) is 11.7. The molecule has 0 amide bonds. The van der Waals surface area contributed by atoms with Crippen molar-refractivity contribution in [1.29, 1.82) is 5.26 Å². The minimum absolute atomic E-state index is 0.245. The second-order valence-corrected chi connectivity index (χ2v) is 6.79. The third-order valence-corrected chi connectivity index (χ3v) is 5.13. The Balaban J connectivity index is 2.23. The van der Waals surface area contributed by atoms with Crippen LogP contribution in [0, 0.1) is 11.3 Å². The molecule has 0 radical (unpaired) electrons. The molecule has 1 aromatic carbocycles. The third-order valence-electron chi connectivity index (χ3n) is 3.92. The molecule has 20 heavy (non-hydrogen) atoms. The molecule has 108 valence electrons. The summed E-state index contributed by atoms with van der Waals surface area (Å²) in [6.07, 6.45) is 2.25. The van der Waals surface area contributed by atoms with Crippen LogP contribution in [0.1, 0.15) is 33.1 Å². The molecule has 2 rings (SSSR count). The Labute approximate surface area is 133 Å². The first kappa shape index (κ1) is 15.6. The number of nitriles is 1. The predicted octanol–water partition coefficient (Wildman–Crippen LogP) is 4.76. The monoisotopic (exact) mass is 356 g/mol. The van der Waals surface area contributed by atoms with Crippen LogP contribution < -0.4 is 5.32 Å². The Morgan fingerprint density at radius 1 is 1.55 bits per heavy atom. The van der Waals surface area contributed by atoms with Crippen LogP contribution in [0.3, 0.4) is 0 Å². The lowest BCUT2D eigenvalue weighted by Crippen LogP contribution is -2.50. The van der Waals surface area contributed by atoms with Crippen molar-refractivity contribution in [2.75, 3.05) is 11.9 Å². The van der Waals surface area contributed by atoms with Crippen molar-refractivity contribution in [1.82, 2.24) is 0 Å². The average Bonchev–Trinajstić information content (AvgIpc) is 2.43. The van der Waals surface area contributed by atoms with E-state index in [1.54, 1.807) is 0 Å². The van der Waals surface area contributed by atoms with E-state index in [4.69, 9.17) is 16.3 Å². The van der Waals surface area contributed by atoms with E-state index in [1.807, 2.05) is 18.2 Å². The second kappa shape index (κ2) is 5.93. The highest BCUT2D eigenvalue weighted by Gasteiger charge is 2.42. The zero-order chi connectivity index (χ0) is 14.8. The van der Waals surface area contributed by atoms with Crippen molar-refractivity contribution in [3.8, 4) is 6.07 Å². The Bertz CT molecular complexity index is 545. The summed E-state index contributed by atoms with van der Waals surface area (Å²) in [5, 5.41) is 13.7. The third kappa shape index (κ3) is 3.28. The van der Waals surface area contributed by atoms with Crippen molar-refractivity contribution < 1.29 is 4.74 Å². The molecule has 1 heterocycles. The van der Waals surface area contributed by atoms with Gasteiger partial charge in [0.25, 0.3) is 0 Å². The first-order valence-corrected chi connectivity index (χ1v) is 7.87. The van der Waals surface area contributed by atoms with Crippen LogP contribution in [0.2, 0.25) is 5.02 Å². The highest BCUT2D eigenvalue weighted by Crippen LogP contribution is 2.37. The fraction of sp³-hybridized carbons (Fsp3) is 0.533. The number of nitrogens with one attached hydrogen (secondary N) is 1. The molecule has 2 atom stereocenters. The van der Waals surface area contributed by atoms with Crippen LogP contribution in [0.4, 0.5) is 5.69 Å². The van der Waals surface area contributed by atoms with Crippen LogP contribution >= 0.6 is 27.5 Å². The summed E-state index contributed by atoms with van der Waals surface area (Å²) in [5.74, 6) is 0. The van der Waals surface area contributed by atoms with E-state index in [2.05, 4.69) is 41.2 Å². The molecule has 1 aliphatic rings. The van der Waals surface area contributed by atoms with Gasteiger partial charge in [-0.15, -0.1) is 0 Å². The lowest BCUT2D eigenvalue weighted by molar-refractivity contribution is -0.0809. The largest absolute Gasteiger partial charge is 0.375 e. The van der Waals surface area contributed by atoms with Gasteiger partial charge in [0.15, 0.2) is 0 Å². The van der Waals surface area contributed by atoms with Crippen LogP contribution in [0.5, 0.6) is 0 Å². The fourth-order valence-corrected chi connectivity index (χ4v) is 3.05. The molecular weight excluding hydrogens is 340 g/mol. The number of ether oxygens (including phenoxy) is 1. The summed E-state index contributed by atoms with van der Waals surface area (Å²) in [7, 11) is 0. The topological polar surface area (TPSA) is 45.0 Å². The first-order valence-electron chi connectivity index (χ1n) is 6.70. The second-order valence-electron chi connectivity index (χ2n) is 5.53. The van der Waals surface area contributed by atoms with Crippen LogP contribution in [0.15, 0.2) is 22.7 Å². The molecule has 5 heteroatoms. The summed E-state index contributed by atoms with van der Waals surface area (Å²) in [4.78, 5) is 0. The van der Waals surface area contributed by atoms with E-state index < -0.39 is 5.54 Å². The van der Waals surface area contributed by atoms with Crippen LogP contribution in [-0.4, -0.2) is 17.7 Å². The van der Waals surface area contributed by atoms with Crippen LogP contribution in [-0.2, 0) is 4.74 Å². The normalized spacial score (nSPS) is 29.8. The SMILES string of the molecule is CCC1(C)CC(C#N)(Nc2ccc(Cl)c(Br)c2)CCO1. The van der Waals surface area contributed by atoms with Gasteiger partial charge in [0, 0.05) is 23.0 Å². The van der Waals surface area contributed by atoms with Gasteiger partial charge < -0.3 is 10.1 Å². The maximum absolute atomic E-state index is 9.65. The number of nitrogens with zero attached hydrogens (tertiary/aromatic N) is 1. The van der Waals surface area contributed by atoms with Gasteiger partial charge in [0.1, 0.15) is 5.54 Å². The minimum Gasteiger partial charge on any atom is -0.375 e. The highest BCUT2D eigenvalue weighted by atomic mass is 79.9. The molecule has 1 aromatic rings. The van der Waals surface area contributed by atoms with E-state index in [9.17, 15) is 5.26 Å². The lowest BCUT2D eigenvalue weighted by atomic mass is 9.80.